The van der Waals surface area contributed by atoms with Crippen LogP contribution in [-0.2, 0) is 16.0 Å². The molecule has 1 N–H and O–H groups in total. The third kappa shape index (κ3) is 4.25. The molecule has 1 saturated heterocycles. The molecule has 0 saturated carbocycles. The minimum atomic E-state index is -0.820. The van der Waals surface area contributed by atoms with E-state index < -0.39 is 11.9 Å². The summed E-state index contributed by atoms with van der Waals surface area (Å²) < 4.78 is 0. The van der Waals surface area contributed by atoms with Gasteiger partial charge in [0.1, 0.15) is 5.01 Å². The first-order chi connectivity index (χ1) is 11.9. The second-order valence-corrected chi connectivity index (χ2v) is 7.72. The zero-order valence-corrected chi connectivity index (χ0v) is 15.3. The second kappa shape index (κ2) is 7.35. The summed E-state index contributed by atoms with van der Waals surface area (Å²) in [6, 6.07) is 8.15. The standard InChI is InChI=1S/C19H22N2O3S/c1-12-3-5-14(6-4-12)18-20-16(11-25-18)8-17(22)21-9-13(2)7-15(10-21)19(23)24/h3-6,11,13,15H,7-10H2,1-2H3,(H,23,24). The smallest absolute Gasteiger partial charge is 0.308 e. The average Bonchev–Trinajstić information content (AvgIpc) is 3.03. The largest absolute Gasteiger partial charge is 0.481 e. The fourth-order valence-corrected chi connectivity index (χ4v) is 4.04. The van der Waals surface area contributed by atoms with Crippen molar-refractivity contribution in [2.45, 2.75) is 26.7 Å². The SMILES string of the molecule is Cc1ccc(-c2nc(CC(=O)N3CC(C)CC(C(=O)O)C3)cs2)cc1. The number of hydrogen-bond acceptors (Lipinski definition) is 4. The summed E-state index contributed by atoms with van der Waals surface area (Å²) in [5, 5.41) is 12.1. The van der Waals surface area contributed by atoms with E-state index in [9.17, 15) is 14.7 Å². The summed E-state index contributed by atoms with van der Waals surface area (Å²) in [5.74, 6) is -1.12. The minimum Gasteiger partial charge on any atom is -0.481 e. The van der Waals surface area contributed by atoms with E-state index in [2.05, 4.69) is 4.98 Å². The second-order valence-electron chi connectivity index (χ2n) is 6.86. The van der Waals surface area contributed by atoms with E-state index in [1.807, 2.05) is 43.5 Å². The van der Waals surface area contributed by atoms with E-state index in [0.717, 1.165) is 16.3 Å². The van der Waals surface area contributed by atoms with Crippen LogP contribution in [0.3, 0.4) is 0 Å². The summed E-state index contributed by atoms with van der Waals surface area (Å²) in [6.07, 6.45) is 0.856. The number of rotatable bonds is 4. The highest BCUT2D eigenvalue weighted by atomic mass is 32.1. The van der Waals surface area contributed by atoms with Crippen molar-refractivity contribution in [3.05, 3.63) is 40.9 Å². The number of amides is 1. The molecule has 0 bridgehead atoms. The molecule has 0 radical (unpaired) electrons. The van der Waals surface area contributed by atoms with Gasteiger partial charge in [0.2, 0.25) is 5.91 Å². The summed E-state index contributed by atoms with van der Waals surface area (Å²) in [5.41, 5.74) is 2.99. The van der Waals surface area contributed by atoms with Crippen LogP contribution in [0.25, 0.3) is 10.6 Å². The van der Waals surface area contributed by atoms with Gasteiger partial charge in [-0.05, 0) is 19.3 Å². The molecular weight excluding hydrogens is 336 g/mol. The monoisotopic (exact) mass is 358 g/mol. The molecular formula is C19H22N2O3S. The van der Waals surface area contributed by atoms with E-state index in [4.69, 9.17) is 0 Å². The molecule has 1 amide bonds. The number of piperidine rings is 1. The molecule has 1 aromatic carbocycles. The van der Waals surface area contributed by atoms with Crippen LogP contribution in [0.1, 0.15) is 24.6 Å². The van der Waals surface area contributed by atoms with Crippen LogP contribution in [-0.4, -0.2) is 40.0 Å². The Morgan fingerprint density at radius 3 is 2.68 bits per heavy atom. The fraction of sp³-hybridized carbons (Fsp3) is 0.421. The fourth-order valence-electron chi connectivity index (χ4n) is 3.22. The summed E-state index contributed by atoms with van der Waals surface area (Å²) in [6.45, 7) is 4.96. The lowest BCUT2D eigenvalue weighted by molar-refractivity contribution is -0.146. The highest BCUT2D eigenvalue weighted by molar-refractivity contribution is 7.13. The van der Waals surface area contributed by atoms with Gasteiger partial charge in [0.25, 0.3) is 0 Å². The van der Waals surface area contributed by atoms with Gasteiger partial charge in [-0.15, -0.1) is 11.3 Å². The Bertz CT molecular complexity index is 769. The van der Waals surface area contributed by atoms with Gasteiger partial charge in [-0.25, -0.2) is 4.98 Å². The third-order valence-corrected chi connectivity index (χ3v) is 5.48. The Kier molecular flexibility index (Phi) is 5.18. The number of nitrogens with zero attached hydrogens (tertiary/aromatic N) is 2. The Balaban J connectivity index is 1.67. The van der Waals surface area contributed by atoms with Crippen LogP contribution >= 0.6 is 11.3 Å². The van der Waals surface area contributed by atoms with Gasteiger partial charge in [-0.1, -0.05) is 36.8 Å². The molecule has 1 aromatic heterocycles. The van der Waals surface area contributed by atoms with Crippen molar-refractivity contribution in [2.24, 2.45) is 11.8 Å². The van der Waals surface area contributed by atoms with Gasteiger partial charge in [0, 0.05) is 24.0 Å². The summed E-state index contributed by atoms with van der Waals surface area (Å²) in [4.78, 5) is 30.1. The molecule has 3 rings (SSSR count). The maximum atomic E-state index is 12.6. The van der Waals surface area contributed by atoms with E-state index >= 15 is 0 Å². The van der Waals surface area contributed by atoms with Gasteiger partial charge in [0.15, 0.2) is 0 Å². The predicted octanol–water partition coefficient (Wildman–Crippen LogP) is 3.23. The molecule has 132 valence electrons. The van der Waals surface area contributed by atoms with Crippen LogP contribution in [0.2, 0.25) is 0 Å². The van der Waals surface area contributed by atoms with Gasteiger partial charge in [-0.2, -0.15) is 0 Å². The van der Waals surface area contributed by atoms with Crippen LogP contribution in [0.5, 0.6) is 0 Å². The van der Waals surface area contributed by atoms with Crippen LogP contribution in [0, 0.1) is 18.8 Å². The number of aliphatic carboxylic acids is 1. The molecule has 5 nitrogen and oxygen atoms in total. The first kappa shape index (κ1) is 17.6. The molecule has 25 heavy (non-hydrogen) atoms. The summed E-state index contributed by atoms with van der Waals surface area (Å²) >= 11 is 1.53. The third-order valence-electron chi connectivity index (χ3n) is 4.54. The Morgan fingerprint density at radius 1 is 1.28 bits per heavy atom. The molecule has 0 aliphatic carbocycles. The topological polar surface area (TPSA) is 70.5 Å². The molecule has 6 heteroatoms. The van der Waals surface area contributed by atoms with Crippen LogP contribution < -0.4 is 0 Å². The number of aromatic nitrogens is 1. The first-order valence-corrected chi connectivity index (χ1v) is 9.32. The normalized spacial score (nSPS) is 20.5. The number of thiazole rings is 1. The summed E-state index contributed by atoms with van der Waals surface area (Å²) in [7, 11) is 0. The zero-order valence-electron chi connectivity index (χ0n) is 14.4. The minimum absolute atomic E-state index is 0.0430. The van der Waals surface area contributed by atoms with Gasteiger partial charge in [-0.3, -0.25) is 9.59 Å². The van der Waals surface area contributed by atoms with E-state index in [1.54, 1.807) is 4.90 Å². The maximum Gasteiger partial charge on any atom is 0.308 e. The van der Waals surface area contributed by atoms with Crippen molar-refractivity contribution in [1.82, 2.24) is 9.88 Å². The first-order valence-electron chi connectivity index (χ1n) is 8.44. The van der Waals surface area contributed by atoms with Crippen molar-refractivity contribution < 1.29 is 14.7 Å². The van der Waals surface area contributed by atoms with E-state index in [-0.39, 0.29) is 18.2 Å². The highest BCUT2D eigenvalue weighted by Crippen LogP contribution is 2.26. The molecule has 2 aromatic rings. The molecule has 2 heterocycles. The molecule has 1 aliphatic rings. The van der Waals surface area contributed by atoms with Crippen molar-refractivity contribution >= 4 is 23.2 Å². The lowest BCUT2D eigenvalue weighted by atomic mass is 9.90. The van der Waals surface area contributed by atoms with Gasteiger partial charge < -0.3 is 10.0 Å². The van der Waals surface area contributed by atoms with Crippen LogP contribution in [0.15, 0.2) is 29.6 Å². The number of carbonyl (C=O) groups is 2. The van der Waals surface area contributed by atoms with Crippen LogP contribution in [0.4, 0.5) is 0 Å². The number of carboxylic acid groups (broad SMARTS) is 1. The maximum absolute atomic E-state index is 12.6. The Morgan fingerprint density at radius 2 is 2.00 bits per heavy atom. The van der Waals surface area contributed by atoms with Gasteiger partial charge in [0.05, 0.1) is 18.0 Å². The number of hydrogen-bond donors (Lipinski definition) is 1. The molecule has 1 fully saturated rings. The molecule has 2 unspecified atom stereocenters. The van der Waals surface area contributed by atoms with E-state index in [0.29, 0.717) is 19.5 Å². The molecule has 1 aliphatic heterocycles. The Labute approximate surface area is 151 Å². The number of likely N-dealkylation sites (tertiary alicyclic amines) is 1. The molecule has 0 spiro atoms. The lowest BCUT2D eigenvalue weighted by Crippen LogP contribution is -2.46. The lowest BCUT2D eigenvalue weighted by Gasteiger charge is -2.34. The van der Waals surface area contributed by atoms with E-state index in [1.165, 1.54) is 16.9 Å². The van der Waals surface area contributed by atoms with Crippen molar-refractivity contribution in [1.29, 1.82) is 0 Å². The van der Waals surface area contributed by atoms with Crippen molar-refractivity contribution in [3.63, 3.8) is 0 Å². The highest BCUT2D eigenvalue weighted by Gasteiger charge is 2.31. The predicted molar refractivity (Wildman–Crippen MR) is 97.5 cm³/mol. The quantitative estimate of drug-likeness (QED) is 0.911. The zero-order chi connectivity index (χ0) is 18.0. The van der Waals surface area contributed by atoms with Gasteiger partial charge >= 0.3 is 5.97 Å². The average molecular weight is 358 g/mol. The number of carbonyl (C=O) groups excluding carboxylic acids is 1. The molecule has 2 atom stereocenters. The van der Waals surface area contributed by atoms with Crippen molar-refractivity contribution in [3.8, 4) is 10.6 Å². The number of carboxylic acids is 1. The van der Waals surface area contributed by atoms with Crippen molar-refractivity contribution in [2.75, 3.05) is 13.1 Å². The number of aryl methyl sites for hydroxylation is 1. The number of benzene rings is 1. The Hall–Kier alpha value is -2.21.